The number of likely N-dealkylation sites (tertiary alicyclic amines) is 1. The lowest BCUT2D eigenvalue weighted by Crippen LogP contribution is -2.46. The number of benzene rings is 3. The van der Waals surface area contributed by atoms with E-state index in [1.807, 2.05) is 62.6 Å². The van der Waals surface area contributed by atoms with Crippen molar-refractivity contribution in [2.75, 3.05) is 25.5 Å². The minimum Gasteiger partial charge on any atom is -0.480 e. The fraction of sp³-hybridized carbons (Fsp3) is 0.296. The highest BCUT2D eigenvalue weighted by molar-refractivity contribution is 5.73. The Morgan fingerprint density at radius 3 is 2.34 bits per heavy atom. The number of para-hydroxylation sites is 1. The van der Waals surface area contributed by atoms with Crippen LogP contribution < -0.4 is 9.64 Å². The summed E-state index contributed by atoms with van der Waals surface area (Å²) in [4.78, 5) is 16.3. The Labute approximate surface area is 189 Å². The number of carboxylic acids is 1. The molecule has 2 atom stereocenters. The molecule has 0 saturated carbocycles. The van der Waals surface area contributed by atoms with Gasteiger partial charge in [0, 0.05) is 19.8 Å². The number of nitrogens with zero attached hydrogens (tertiary/aromatic N) is 2. The summed E-state index contributed by atoms with van der Waals surface area (Å²) in [7, 11) is 4.03. The van der Waals surface area contributed by atoms with Gasteiger partial charge < -0.3 is 14.7 Å². The highest BCUT2D eigenvalue weighted by atomic mass is 16.5. The van der Waals surface area contributed by atoms with Crippen LogP contribution in [0.1, 0.15) is 36.4 Å². The summed E-state index contributed by atoms with van der Waals surface area (Å²) in [5.41, 5.74) is 3.23. The predicted molar refractivity (Wildman–Crippen MR) is 128 cm³/mol. The molecule has 1 aliphatic rings. The second kappa shape index (κ2) is 9.88. The number of piperidine rings is 1. The van der Waals surface area contributed by atoms with E-state index in [1.54, 1.807) is 0 Å². The zero-order valence-corrected chi connectivity index (χ0v) is 18.6. The van der Waals surface area contributed by atoms with Gasteiger partial charge >= 0.3 is 5.97 Å². The van der Waals surface area contributed by atoms with Crippen LogP contribution in [0.4, 0.5) is 5.69 Å². The van der Waals surface area contributed by atoms with E-state index in [0.717, 1.165) is 47.7 Å². The van der Waals surface area contributed by atoms with Crippen molar-refractivity contribution >= 4 is 11.7 Å². The molecule has 1 heterocycles. The Balaban J connectivity index is 1.73. The number of hydrogen-bond acceptors (Lipinski definition) is 4. The second-order valence-electron chi connectivity index (χ2n) is 8.46. The minimum absolute atomic E-state index is 0.160. The van der Waals surface area contributed by atoms with Crippen molar-refractivity contribution in [2.45, 2.75) is 31.3 Å². The molecule has 5 nitrogen and oxygen atoms in total. The molecular weight excluding hydrogens is 400 g/mol. The third-order valence-corrected chi connectivity index (χ3v) is 6.04. The standard InChI is InChI=1S/C27H30N2O3/c1-28(2)22-16-14-20(15-17-22)26(29-18-7-6-13-25(29)27(30)31)21-9-8-12-24(19-21)32-23-10-4-3-5-11-23/h3-5,8-12,14-17,19,25-26H,6-7,13,18H2,1-2H3,(H,30,31). The van der Waals surface area contributed by atoms with E-state index in [2.05, 4.69) is 40.1 Å². The number of anilines is 1. The van der Waals surface area contributed by atoms with Crippen LogP contribution in [0.15, 0.2) is 78.9 Å². The van der Waals surface area contributed by atoms with Gasteiger partial charge in [0.25, 0.3) is 0 Å². The van der Waals surface area contributed by atoms with Crippen LogP contribution in [0.2, 0.25) is 0 Å². The van der Waals surface area contributed by atoms with Crippen LogP contribution in [0.25, 0.3) is 0 Å². The molecule has 0 aliphatic carbocycles. The molecule has 32 heavy (non-hydrogen) atoms. The van der Waals surface area contributed by atoms with Gasteiger partial charge in [-0.05, 0) is 66.9 Å². The van der Waals surface area contributed by atoms with Crippen molar-refractivity contribution < 1.29 is 14.6 Å². The fourth-order valence-electron chi connectivity index (χ4n) is 4.43. The van der Waals surface area contributed by atoms with Gasteiger partial charge in [-0.1, -0.05) is 48.9 Å². The van der Waals surface area contributed by atoms with Gasteiger partial charge in [-0.2, -0.15) is 0 Å². The highest BCUT2D eigenvalue weighted by Crippen LogP contribution is 2.36. The summed E-state index contributed by atoms with van der Waals surface area (Å²) in [5, 5.41) is 9.94. The van der Waals surface area contributed by atoms with Crippen LogP contribution >= 0.6 is 0 Å². The predicted octanol–water partition coefficient (Wildman–Crippen LogP) is 5.57. The van der Waals surface area contributed by atoms with Crippen LogP contribution in [0, 0.1) is 0 Å². The summed E-state index contributed by atoms with van der Waals surface area (Å²) in [6.45, 7) is 0.751. The first-order chi connectivity index (χ1) is 15.5. The number of ether oxygens (including phenoxy) is 1. The molecule has 0 bridgehead atoms. The van der Waals surface area contributed by atoms with Crippen LogP contribution in [-0.4, -0.2) is 42.7 Å². The maximum Gasteiger partial charge on any atom is 0.320 e. The molecule has 0 spiro atoms. The molecule has 1 saturated heterocycles. The monoisotopic (exact) mass is 430 g/mol. The Kier molecular flexibility index (Phi) is 6.76. The van der Waals surface area contributed by atoms with Gasteiger partial charge in [-0.25, -0.2) is 0 Å². The maximum absolute atomic E-state index is 12.1. The third kappa shape index (κ3) is 4.94. The van der Waals surface area contributed by atoms with Crippen molar-refractivity contribution in [1.29, 1.82) is 0 Å². The highest BCUT2D eigenvalue weighted by Gasteiger charge is 2.35. The Morgan fingerprint density at radius 2 is 1.66 bits per heavy atom. The summed E-state index contributed by atoms with van der Waals surface area (Å²) in [6.07, 6.45) is 2.61. The Bertz CT molecular complexity index is 1030. The molecule has 0 radical (unpaired) electrons. The molecular formula is C27H30N2O3. The molecule has 0 aromatic heterocycles. The molecule has 1 fully saturated rings. The normalized spacial score (nSPS) is 17.5. The Hall–Kier alpha value is -3.31. The number of carbonyl (C=O) groups is 1. The molecule has 1 N–H and O–H groups in total. The molecule has 0 amide bonds. The van der Waals surface area contributed by atoms with Crippen LogP contribution in [0.3, 0.4) is 0 Å². The average Bonchev–Trinajstić information content (AvgIpc) is 2.81. The lowest BCUT2D eigenvalue weighted by molar-refractivity contribution is -0.145. The van der Waals surface area contributed by atoms with E-state index in [4.69, 9.17) is 4.74 Å². The topological polar surface area (TPSA) is 53.0 Å². The van der Waals surface area contributed by atoms with E-state index >= 15 is 0 Å². The summed E-state index contributed by atoms with van der Waals surface area (Å²) < 4.78 is 6.08. The van der Waals surface area contributed by atoms with Crippen molar-refractivity contribution in [3.63, 3.8) is 0 Å². The first kappa shape index (κ1) is 21.9. The van der Waals surface area contributed by atoms with Crippen molar-refractivity contribution in [2.24, 2.45) is 0 Å². The summed E-state index contributed by atoms with van der Waals surface area (Å²) in [5.74, 6) is 0.765. The molecule has 4 rings (SSSR count). The molecule has 5 heteroatoms. The van der Waals surface area contributed by atoms with Gasteiger partial charge in [-0.3, -0.25) is 9.69 Å². The van der Waals surface area contributed by atoms with E-state index in [1.165, 1.54) is 0 Å². The van der Waals surface area contributed by atoms with Gasteiger partial charge in [0.1, 0.15) is 17.5 Å². The van der Waals surface area contributed by atoms with E-state index in [0.29, 0.717) is 6.42 Å². The van der Waals surface area contributed by atoms with Gasteiger partial charge in [0.15, 0.2) is 0 Å². The largest absolute Gasteiger partial charge is 0.480 e. The van der Waals surface area contributed by atoms with Crippen molar-refractivity contribution in [3.05, 3.63) is 90.0 Å². The van der Waals surface area contributed by atoms with Gasteiger partial charge in [-0.15, -0.1) is 0 Å². The zero-order valence-electron chi connectivity index (χ0n) is 18.6. The van der Waals surface area contributed by atoms with Crippen LogP contribution in [0.5, 0.6) is 11.5 Å². The zero-order chi connectivity index (χ0) is 22.5. The molecule has 3 aromatic carbocycles. The molecule has 3 aromatic rings. The van der Waals surface area contributed by atoms with E-state index in [9.17, 15) is 9.90 Å². The van der Waals surface area contributed by atoms with Gasteiger partial charge in [0.05, 0.1) is 6.04 Å². The Morgan fingerprint density at radius 1 is 0.938 bits per heavy atom. The molecule has 2 unspecified atom stereocenters. The summed E-state index contributed by atoms with van der Waals surface area (Å²) >= 11 is 0. The van der Waals surface area contributed by atoms with E-state index < -0.39 is 12.0 Å². The fourth-order valence-corrected chi connectivity index (χ4v) is 4.43. The number of aliphatic carboxylic acids is 1. The second-order valence-corrected chi connectivity index (χ2v) is 8.46. The van der Waals surface area contributed by atoms with E-state index in [-0.39, 0.29) is 6.04 Å². The van der Waals surface area contributed by atoms with Crippen molar-refractivity contribution in [3.8, 4) is 11.5 Å². The van der Waals surface area contributed by atoms with Gasteiger partial charge in [0.2, 0.25) is 0 Å². The number of hydrogen-bond donors (Lipinski definition) is 1. The lowest BCUT2D eigenvalue weighted by Gasteiger charge is -2.39. The quantitative estimate of drug-likeness (QED) is 0.531. The first-order valence-electron chi connectivity index (χ1n) is 11.1. The lowest BCUT2D eigenvalue weighted by atomic mass is 9.91. The average molecular weight is 431 g/mol. The third-order valence-electron chi connectivity index (χ3n) is 6.04. The number of carboxylic acid groups (broad SMARTS) is 1. The van der Waals surface area contributed by atoms with Crippen molar-refractivity contribution in [1.82, 2.24) is 4.90 Å². The maximum atomic E-state index is 12.1. The SMILES string of the molecule is CN(C)c1ccc(C(c2cccc(Oc3ccccc3)c2)N2CCCCC2C(=O)O)cc1. The smallest absolute Gasteiger partial charge is 0.320 e. The minimum atomic E-state index is -0.753. The first-order valence-corrected chi connectivity index (χ1v) is 11.1. The summed E-state index contributed by atoms with van der Waals surface area (Å²) in [6, 6.07) is 25.5. The molecule has 166 valence electrons. The number of rotatable bonds is 7. The molecule has 1 aliphatic heterocycles. The van der Waals surface area contributed by atoms with Crippen LogP contribution in [-0.2, 0) is 4.79 Å².